The summed E-state index contributed by atoms with van der Waals surface area (Å²) in [6.07, 6.45) is 1.59. The van der Waals surface area contributed by atoms with Gasteiger partial charge in [-0.05, 0) is 72.2 Å². The molecule has 0 spiro atoms. The molecule has 2 N–H and O–H groups in total. The van der Waals surface area contributed by atoms with Gasteiger partial charge in [0.25, 0.3) is 5.91 Å². The molecular formula is C26H32F2N4O4. The van der Waals surface area contributed by atoms with Crippen LogP contribution in [0.25, 0.3) is 5.65 Å². The summed E-state index contributed by atoms with van der Waals surface area (Å²) in [5.74, 6) is -1.48. The molecule has 2 heterocycles. The fraction of sp³-hybridized carbons (Fsp3) is 0.423. The van der Waals surface area contributed by atoms with Gasteiger partial charge in [-0.2, -0.15) is 0 Å². The number of pyridine rings is 1. The van der Waals surface area contributed by atoms with Crippen LogP contribution in [-0.2, 0) is 11.3 Å². The van der Waals surface area contributed by atoms with Gasteiger partial charge < -0.3 is 20.1 Å². The Bertz CT molecular complexity index is 1240. The summed E-state index contributed by atoms with van der Waals surface area (Å²) in [5, 5.41) is 5.66. The van der Waals surface area contributed by atoms with Crippen molar-refractivity contribution in [3.8, 4) is 5.75 Å². The number of carbonyl (C=O) groups is 2. The first-order valence-corrected chi connectivity index (χ1v) is 11.6. The van der Waals surface area contributed by atoms with Gasteiger partial charge in [-0.25, -0.2) is 18.6 Å². The van der Waals surface area contributed by atoms with Crippen LogP contribution in [0.2, 0.25) is 0 Å². The van der Waals surface area contributed by atoms with Crippen molar-refractivity contribution in [2.24, 2.45) is 0 Å². The molecule has 10 heteroatoms. The molecule has 3 rings (SSSR count). The van der Waals surface area contributed by atoms with E-state index in [9.17, 15) is 18.4 Å². The Labute approximate surface area is 209 Å². The molecule has 0 aliphatic rings. The third-order valence-corrected chi connectivity index (χ3v) is 5.31. The lowest BCUT2D eigenvalue weighted by molar-refractivity contribution is 0.0468. The number of amides is 2. The maximum absolute atomic E-state index is 14.0. The SMILES string of the molecule is Cc1nc2c(OCc3c(F)cccc3F)cccn2c1C(=O)NCCC(C)(C)NC(=O)OC(C)(C)C. The average molecular weight is 503 g/mol. The third-order valence-electron chi connectivity index (χ3n) is 5.31. The predicted molar refractivity (Wildman–Crippen MR) is 131 cm³/mol. The predicted octanol–water partition coefficient (Wildman–Crippen LogP) is 4.92. The number of rotatable bonds is 8. The summed E-state index contributed by atoms with van der Waals surface area (Å²) in [5.41, 5.74) is -0.293. The molecule has 2 aromatic heterocycles. The van der Waals surface area contributed by atoms with E-state index in [2.05, 4.69) is 15.6 Å². The zero-order valence-corrected chi connectivity index (χ0v) is 21.4. The summed E-state index contributed by atoms with van der Waals surface area (Å²) in [6, 6.07) is 6.88. The lowest BCUT2D eigenvalue weighted by Crippen LogP contribution is -2.47. The second kappa shape index (κ2) is 10.5. The van der Waals surface area contributed by atoms with Gasteiger partial charge in [0, 0.05) is 18.3 Å². The molecule has 1 aromatic carbocycles. The topological polar surface area (TPSA) is 94.0 Å². The van der Waals surface area contributed by atoms with E-state index in [1.54, 1.807) is 50.4 Å². The van der Waals surface area contributed by atoms with Crippen molar-refractivity contribution < 1.29 is 27.8 Å². The number of hydrogen-bond acceptors (Lipinski definition) is 5. The van der Waals surface area contributed by atoms with Gasteiger partial charge in [-0.1, -0.05) is 6.07 Å². The standard InChI is InChI=1S/C26H32F2N4O4/c1-16-21(23(33)29-13-12-26(5,6)31-24(34)36-25(2,3)4)32-14-8-11-20(22(32)30-16)35-15-17-18(27)9-7-10-19(17)28/h7-11,14H,12-13,15H2,1-6H3,(H,29,33)(H,31,34). The molecule has 0 unspecified atom stereocenters. The van der Waals surface area contributed by atoms with Gasteiger partial charge in [-0.15, -0.1) is 0 Å². The van der Waals surface area contributed by atoms with Crippen molar-refractivity contribution in [1.82, 2.24) is 20.0 Å². The quantitative estimate of drug-likeness (QED) is 0.456. The van der Waals surface area contributed by atoms with Crippen LogP contribution in [0.5, 0.6) is 5.75 Å². The maximum Gasteiger partial charge on any atom is 0.408 e. The molecule has 194 valence electrons. The molecule has 36 heavy (non-hydrogen) atoms. The van der Waals surface area contributed by atoms with Crippen molar-refractivity contribution in [3.05, 3.63) is 65.1 Å². The van der Waals surface area contributed by atoms with Gasteiger partial charge >= 0.3 is 6.09 Å². The average Bonchev–Trinajstić information content (AvgIpc) is 3.07. The van der Waals surface area contributed by atoms with E-state index in [1.165, 1.54) is 6.07 Å². The van der Waals surface area contributed by atoms with Gasteiger partial charge in [0.1, 0.15) is 29.5 Å². The Balaban J connectivity index is 1.68. The monoisotopic (exact) mass is 502 g/mol. The number of nitrogens with zero attached hydrogens (tertiary/aromatic N) is 2. The van der Waals surface area contributed by atoms with E-state index in [0.717, 1.165) is 12.1 Å². The fourth-order valence-corrected chi connectivity index (χ4v) is 3.58. The van der Waals surface area contributed by atoms with Crippen LogP contribution in [0.15, 0.2) is 36.5 Å². The molecule has 0 aliphatic heterocycles. The number of hydrogen-bond donors (Lipinski definition) is 2. The van der Waals surface area contributed by atoms with Crippen molar-refractivity contribution in [3.63, 3.8) is 0 Å². The first kappa shape index (κ1) is 26.9. The number of aryl methyl sites for hydroxylation is 1. The maximum atomic E-state index is 14.0. The van der Waals surface area contributed by atoms with Gasteiger partial charge in [0.15, 0.2) is 11.4 Å². The lowest BCUT2D eigenvalue weighted by Gasteiger charge is -2.28. The highest BCUT2D eigenvalue weighted by atomic mass is 19.1. The number of halogens is 2. The zero-order valence-electron chi connectivity index (χ0n) is 21.4. The minimum Gasteiger partial charge on any atom is -0.485 e. The van der Waals surface area contributed by atoms with Crippen LogP contribution in [0.4, 0.5) is 13.6 Å². The van der Waals surface area contributed by atoms with Crippen LogP contribution < -0.4 is 15.4 Å². The molecule has 8 nitrogen and oxygen atoms in total. The number of nitrogens with one attached hydrogen (secondary N) is 2. The van der Waals surface area contributed by atoms with Crippen LogP contribution in [0, 0.1) is 18.6 Å². The van der Waals surface area contributed by atoms with Crippen molar-refractivity contribution >= 4 is 17.6 Å². The molecule has 2 amide bonds. The Kier molecular flexibility index (Phi) is 7.86. The Morgan fingerprint density at radius 2 is 1.72 bits per heavy atom. The molecule has 0 saturated carbocycles. The summed E-state index contributed by atoms with van der Waals surface area (Å²) in [6.45, 7) is 10.7. The van der Waals surface area contributed by atoms with Crippen LogP contribution >= 0.6 is 0 Å². The second-order valence-corrected chi connectivity index (χ2v) is 10.1. The number of benzene rings is 1. The zero-order chi connectivity index (χ0) is 26.7. The first-order valence-electron chi connectivity index (χ1n) is 11.6. The van der Waals surface area contributed by atoms with E-state index in [0.29, 0.717) is 23.5 Å². The number of carbonyl (C=O) groups excluding carboxylic acids is 2. The van der Waals surface area contributed by atoms with Gasteiger partial charge in [0.2, 0.25) is 0 Å². The largest absolute Gasteiger partial charge is 0.485 e. The first-order chi connectivity index (χ1) is 16.8. The van der Waals surface area contributed by atoms with E-state index >= 15 is 0 Å². The van der Waals surface area contributed by atoms with Crippen molar-refractivity contribution in [1.29, 1.82) is 0 Å². The van der Waals surface area contributed by atoms with Gasteiger partial charge in [-0.3, -0.25) is 9.20 Å². The molecule has 0 aliphatic carbocycles. The highest BCUT2D eigenvalue weighted by Crippen LogP contribution is 2.24. The molecule has 0 fully saturated rings. The molecule has 0 radical (unpaired) electrons. The fourth-order valence-electron chi connectivity index (χ4n) is 3.58. The molecule has 3 aromatic rings. The second-order valence-electron chi connectivity index (χ2n) is 10.1. The minimum atomic E-state index is -0.703. The minimum absolute atomic E-state index is 0.191. The summed E-state index contributed by atoms with van der Waals surface area (Å²) in [4.78, 5) is 29.5. The number of alkyl carbamates (subject to hydrolysis) is 1. The molecular weight excluding hydrogens is 470 g/mol. The number of imidazole rings is 1. The number of fused-ring (bicyclic) bond motifs is 1. The Morgan fingerprint density at radius 3 is 2.36 bits per heavy atom. The molecule has 0 saturated heterocycles. The van der Waals surface area contributed by atoms with Crippen molar-refractivity contribution in [2.75, 3.05) is 6.54 Å². The van der Waals surface area contributed by atoms with E-state index in [4.69, 9.17) is 9.47 Å². The van der Waals surface area contributed by atoms with E-state index in [1.807, 2.05) is 13.8 Å². The normalized spacial score (nSPS) is 11.9. The summed E-state index contributed by atoms with van der Waals surface area (Å²) in [7, 11) is 0. The Morgan fingerprint density at radius 1 is 1.06 bits per heavy atom. The third kappa shape index (κ3) is 6.71. The molecule has 0 atom stereocenters. The van der Waals surface area contributed by atoms with Crippen molar-refractivity contribution in [2.45, 2.75) is 65.7 Å². The van der Waals surface area contributed by atoms with E-state index in [-0.39, 0.29) is 30.4 Å². The van der Waals surface area contributed by atoms with Crippen LogP contribution in [0.3, 0.4) is 0 Å². The lowest BCUT2D eigenvalue weighted by atomic mass is 10.0. The van der Waals surface area contributed by atoms with Crippen LogP contribution in [0.1, 0.15) is 62.8 Å². The van der Waals surface area contributed by atoms with E-state index < -0.39 is 28.9 Å². The smallest absolute Gasteiger partial charge is 0.408 e. The summed E-state index contributed by atoms with van der Waals surface area (Å²) < 4.78 is 40.5. The van der Waals surface area contributed by atoms with Crippen LogP contribution in [-0.4, -0.2) is 39.1 Å². The summed E-state index contributed by atoms with van der Waals surface area (Å²) >= 11 is 0. The van der Waals surface area contributed by atoms with Gasteiger partial charge in [0.05, 0.1) is 11.3 Å². The molecule has 0 bridgehead atoms. The Hall–Kier alpha value is -3.69. The number of aromatic nitrogens is 2. The highest BCUT2D eigenvalue weighted by molar-refractivity contribution is 5.95. The highest BCUT2D eigenvalue weighted by Gasteiger charge is 2.25. The number of ether oxygens (including phenoxy) is 2.